The summed E-state index contributed by atoms with van der Waals surface area (Å²) >= 11 is 0. The van der Waals surface area contributed by atoms with Crippen LogP contribution in [0.3, 0.4) is 0 Å². The molecule has 0 saturated carbocycles. The minimum Gasteiger partial charge on any atom is -0.484 e. The van der Waals surface area contributed by atoms with Crippen molar-refractivity contribution in [3.05, 3.63) is 52.9 Å². The van der Waals surface area contributed by atoms with Gasteiger partial charge in [-0.15, -0.1) is 0 Å². The van der Waals surface area contributed by atoms with E-state index in [1.54, 1.807) is 6.08 Å². The zero-order chi connectivity index (χ0) is 14.5. The molecule has 0 radical (unpaired) electrons. The lowest BCUT2D eigenvalue weighted by Gasteiger charge is -2.39. The molecule has 1 aromatic rings. The first-order valence-corrected chi connectivity index (χ1v) is 6.28. The van der Waals surface area contributed by atoms with Gasteiger partial charge >= 0.3 is 0 Å². The summed E-state index contributed by atoms with van der Waals surface area (Å²) in [6.45, 7) is 3.81. The summed E-state index contributed by atoms with van der Waals surface area (Å²) in [5.41, 5.74) is 0.573. The van der Waals surface area contributed by atoms with Gasteiger partial charge < -0.3 is 4.74 Å². The van der Waals surface area contributed by atoms with Gasteiger partial charge in [-0.05, 0) is 24.3 Å². The summed E-state index contributed by atoms with van der Waals surface area (Å²) < 4.78 is 19.2. The van der Waals surface area contributed by atoms with Crippen LogP contribution in [0.25, 0.3) is 0 Å². The Balaban J connectivity index is 2.18. The van der Waals surface area contributed by atoms with E-state index in [9.17, 15) is 9.18 Å². The quantitative estimate of drug-likeness (QED) is 0.726. The highest BCUT2D eigenvalue weighted by atomic mass is 19.1. The van der Waals surface area contributed by atoms with Gasteiger partial charge in [0.15, 0.2) is 5.78 Å². The number of allylic oxidation sites excluding steroid dienone is 2. The van der Waals surface area contributed by atoms with Crippen LogP contribution in [0.2, 0.25) is 0 Å². The largest absolute Gasteiger partial charge is 0.484 e. The number of hydrogen-bond donors (Lipinski definition) is 0. The van der Waals surface area contributed by atoms with Gasteiger partial charge in [0.2, 0.25) is 0 Å². The van der Waals surface area contributed by atoms with Crippen LogP contribution in [0, 0.1) is 22.6 Å². The summed E-state index contributed by atoms with van der Waals surface area (Å²) in [5.74, 6) is -0.365. The Morgan fingerprint density at radius 3 is 2.85 bits per heavy atom. The van der Waals surface area contributed by atoms with E-state index in [1.807, 2.05) is 13.8 Å². The second kappa shape index (κ2) is 4.04. The molecular weight excluding hydrogens is 257 g/mol. The lowest BCUT2D eigenvalue weighted by Crippen LogP contribution is -2.42. The van der Waals surface area contributed by atoms with Crippen molar-refractivity contribution >= 4 is 5.78 Å². The average Bonchev–Trinajstić information content (AvgIpc) is 2.40. The predicted molar refractivity (Wildman–Crippen MR) is 70.7 cm³/mol. The van der Waals surface area contributed by atoms with Crippen LogP contribution in [-0.4, -0.2) is 11.9 Å². The highest BCUT2D eigenvalue weighted by Crippen LogP contribution is 2.42. The van der Waals surface area contributed by atoms with E-state index in [4.69, 9.17) is 10.00 Å². The van der Waals surface area contributed by atoms with Gasteiger partial charge in [-0.3, -0.25) is 4.79 Å². The monoisotopic (exact) mass is 269 g/mol. The van der Waals surface area contributed by atoms with Crippen molar-refractivity contribution in [1.29, 1.82) is 5.26 Å². The van der Waals surface area contributed by atoms with Crippen LogP contribution in [0.15, 0.2) is 41.5 Å². The number of ether oxygens (including phenoxy) is 1. The summed E-state index contributed by atoms with van der Waals surface area (Å²) in [5, 5.41) is 9.06. The molecule has 0 saturated heterocycles. The summed E-state index contributed by atoms with van der Waals surface area (Å²) in [6.07, 6.45) is 2.87. The van der Waals surface area contributed by atoms with Crippen molar-refractivity contribution in [3.8, 4) is 11.8 Å². The van der Waals surface area contributed by atoms with Gasteiger partial charge in [0.25, 0.3) is 0 Å². The molecule has 1 aromatic carbocycles. The van der Waals surface area contributed by atoms with E-state index in [0.717, 1.165) is 0 Å². The standard InChI is InChI=1S/C16H12FNO2/c1-16(2)7-9(8-18)5-12-14(19)11-6-10(17)3-4-13(11)20-15(12)16/h3-7,15H,1-2H3. The number of rotatable bonds is 0. The van der Waals surface area contributed by atoms with Crippen molar-refractivity contribution in [3.63, 3.8) is 0 Å². The van der Waals surface area contributed by atoms with Crippen molar-refractivity contribution in [2.75, 3.05) is 0 Å². The SMILES string of the molecule is CC1(C)C=C(C#N)C=C2C(=O)c3cc(F)ccc3OC21. The van der Waals surface area contributed by atoms with Gasteiger partial charge in [-0.1, -0.05) is 19.9 Å². The number of carbonyl (C=O) groups is 1. The second-order valence-corrected chi connectivity index (χ2v) is 5.60. The third kappa shape index (κ3) is 1.75. The molecule has 3 nitrogen and oxygen atoms in total. The highest BCUT2D eigenvalue weighted by Gasteiger charge is 2.43. The fourth-order valence-electron chi connectivity index (χ4n) is 2.69. The van der Waals surface area contributed by atoms with Crippen molar-refractivity contribution in [2.45, 2.75) is 20.0 Å². The Hall–Kier alpha value is -2.41. The first kappa shape index (κ1) is 12.6. The molecule has 0 N–H and O–H groups in total. The normalized spacial score (nSPS) is 22.7. The van der Waals surface area contributed by atoms with E-state index >= 15 is 0 Å². The number of fused-ring (bicyclic) bond motifs is 2. The minimum atomic E-state index is -0.481. The summed E-state index contributed by atoms with van der Waals surface area (Å²) in [6, 6.07) is 5.97. The fourth-order valence-corrected chi connectivity index (χ4v) is 2.69. The third-order valence-electron chi connectivity index (χ3n) is 3.62. The number of Topliss-reactive ketones (excluding diaryl/α,β-unsaturated/α-hetero) is 1. The average molecular weight is 269 g/mol. The van der Waals surface area contributed by atoms with E-state index in [2.05, 4.69) is 6.07 Å². The molecule has 0 fully saturated rings. The molecule has 0 bridgehead atoms. The minimum absolute atomic E-state index is 0.211. The molecular formula is C16H12FNO2. The molecule has 2 aliphatic rings. The van der Waals surface area contributed by atoms with Crippen LogP contribution in [0.5, 0.6) is 5.75 Å². The molecule has 1 unspecified atom stereocenters. The van der Waals surface area contributed by atoms with Crippen LogP contribution in [-0.2, 0) is 0 Å². The van der Waals surface area contributed by atoms with E-state index in [-0.39, 0.29) is 11.3 Å². The van der Waals surface area contributed by atoms with E-state index < -0.39 is 17.3 Å². The number of halogens is 1. The van der Waals surface area contributed by atoms with Crippen molar-refractivity contribution < 1.29 is 13.9 Å². The maximum atomic E-state index is 13.3. The van der Waals surface area contributed by atoms with E-state index in [1.165, 1.54) is 24.3 Å². The number of benzene rings is 1. The number of hydrogen-bond acceptors (Lipinski definition) is 3. The van der Waals surface area contributed by atoms with Crippen LogP contribution < -0.4 is 4.74 Å². The molecule has 1 heterocycles. The Morgan fingerprint density at radius 2 is 2.15 bits per heavy atom. The zero-order valence-corrected chi connectivity index (χ0v) is 11.1. The lowest BCUT2D eigenvalue weighted by atomic mass is 9.73. The van der Waals surface area contributed by atoms with Crippen molar-refractivity contribution in [1.82, 2.24) is 0 Å². The predicted octanol–water partition coefficient (Wildman–Crippen LogP) is 3.19. The van der Waals surface area contributed by atoms with Gasteiger partial charge in [0.1, 0.15) is 17.7 Å². The molecule has 1 atom stereocenters. The Kier molecular flexibility index (Phi) is 2.55. The molecule has 1 aliphatic carbocycles. The van der Waals surface area contributed by atoms with E-state index in [0.29, 0.717) is 16.9 Å². The Labute approximate surface area is 116 Å². The molecule has 20 heavy (non-hydrogen) atoms. The maximum absolute atomic E-state index is 13.3. The maximum Gasteiger partial charge on any atom is 0.196 e. The summed E-state index contributed by atoms with van der Waals surface area (Å²) in [4.78, 5) is 12.5. The van der Waals surface area contributed by atoms with Gasteiger partial charge in [-0.25, -0.2) is 4.39 Å². The second-order valence-electron chi connectivity index (χ2n) is 5.60. The lowest BCUT2D eigenvalue weighted by molar-refractivity contribution is 0.0845. The fraction of sp³-hybridized carbons (Fsp3) is 0.250. The summed E-state index contributed by atoms with van der Waals surface area (Å²) in [7, 11) is 0. The van der Waals surface area contributed by atoms with Crippen LogP contribution in [0.4, 0.5) is 4.39 Å². The van der Waals surface area contributed by atoms with Crippen LogP contribution in [0.1, 0.15) is 24.2 Å². The first-order chi connectivity index (χ1) is 9.42. The number of carbonyl (C=O) groups excluding carboxylic acids is 1. The topological polar surface area (TPSA) is 50.1 Å². The molecule has 100 valence electrons. The van der Waals surface area contributed by atoms with Crippen molar-refractivity contribution in [2.24, 2.45) is 5.41 Å². The highest BCUT2D eigenvalue weighted by molar-refractivity contribution is 6.12. The van der Waals surface area contributed by atoms with Crippen LogP contribution >= 0.6 is 0 Å². The zero-order valence-electron chi connectivity index (χ0n) is 11.1. The number of nitriles is 1. The molecule has 1 aliphatic heterocycles. The smallest absolute Gasteiger partial charge is 0.196 e. The Bertz CT molecular complexity index is 722. The molecule has 0 spiro atoms. The van der Waals surface area contributed by atoms with Gasteiger partial charge in [0.05, 0.1) is 11.6 Å². The molecule has 0 aromatic heterocycles. The number of ketones is 1. The Morgan fingerprint density at radius 1 is 1.40 bits per heavy atom. The molecule has 0 amide bonds. The molecule has 3 rings (SSSR count). The first-order valence-electron chi connectivity index (χ1n) is 6.28. The number of nitrogens with zero attached hydrogens (tertiary/aromatic N) is 1. The van der Waals surface area contributed by atoms with Gasteiger partial charge in [-0.2, -0.15) is 5.26 Å². The third-order valence-corrected chi connectivity index (χ3v) is 3.62. The molecule has 4 heteroatoms. The van der Waals surface area contributed by atoms with Gasteiger partial charge in [0, 0.05) is 16.6 Å².